The van der Waals surface area contributed by atoms with Gasteiger partial charge in [-0.3, -0.25) is 0 Å². The maximum Gasteiger partial charge on any atom is 0.528 e. The molecular formula is C28H42N2O6. The third kappa shape index (κ3) is 2.83. The summed E-state index contributed by atoms with van der Waals surface area (Å²) in [7, 11) is 0. The van der Waals surface area contributed by atoms with Gasteiger partial charge in [-0.1, -0.05) is 20.8 Å². The number of carbonyl (C=O) groups is 2. The van der Waals surface area contributed by atoms with E-state index in [-0.39, 0.29) is 23.3 Å². The fourth-order valence-electron chi connectivity index (χ4n) is 11.9. The van der Waals surface area contributed by atoms with Crippen LogP contribution in [0.25, 0.3) is 0 Å². The Labute approximate surface area is 213 Å². The molecule has 3 N–H and O–H groups in total. The van der Waals surface area contributed by atoms with Crippen molar-refractivity contribution in [2.24, 2.45) is 64.6 Å². The minimum absolute atomic E-state index is 0.0610. The Hall–Kier alpha value is -1.54. The Balaban J connectivity index is 1.09. The lowest BCUT2D eigenvalue weighted by atomic mass is 9.47. The highest BCUT2D eigenvalue weighted by Gasteiger charge is 2.78. The van der Waals surface area contributed by atoms with Gasteiger partial charge in [0.15, 0.2) is 0 Å². The van der Waals surface area contributed by atoms with Gasteiger partial charge in [0.1, 0.15) is 11.2 Å². The minimum atomic E-state index is -0.819. The highest BCUT2D eigenvalue weighted by Crippen LogP contribution is 2.79. The van der Waals surface area contributed by atoms with Crippen molar-refractivity contribution in [1.82, 2.24) is 5.48 Å². The molecule has 0 aromatic carbocycles. The predicted octanol–water partition coefficient (Wildman–Crippen LogP) is 5.11. The maximum absolute atomic E-state index is 13.3. The van der Waals surface area contributed by atoms with Crippen LogP contribution in [0.5, 0.6) is 0 Å². The van der Waals surface area contributed by atoms with Gasteiger partial charge < -0.3 is 19.1 Å². The zero-order valence-corrected chi connectivity index (χ0v) is 21.9. The topological polar surface area (TPSA) is 109 Å². The van der Waals surface area contributed by atoms with E-state index in [0.29, 0.717) is 36.0 Å². The molecule has 0 saturated heterocycles. The van der Waals surface area contributed by atoms with Gasteiger partial charge in [-0.25, -0.2) is 9.59 Å². The second-order valence-electron chi connectivity index (χ2n) is 13.9. The quantitative estimate of drug-likeness (QED) is 0.381. The van der Waals surface area contributed by atoms with Crippen LogP contribution < -0.4 is 11.4 Å². The molecule has 7 atom stereocenters. The molecule has 8 rings (SSSR count). The summed E-state index contributed by atoms with van der Waals surface area (Å²) in [5.41, 5.74) is 2.39. The number of hydrogen-bond acceptors (Lipinski definition) is 8. The van der Waals surface area contributed by atoms with Crippen molar-refractivity contribution in [2.75, 3.05) is 0 Å². The normalized spacial score (nSPS) is 52.8. The molecule has 36 heavy (non-hydrogen) atoms. The number of fused-ring (bicyclic) bond motifs is 2. The van der Waals surface area contributed by atoms with Gasteiger partial charge in [-0.15, -0.1) is 5.48 Å². The van der Waals surface area contributed by atoms with E-state index in [9.17, 15) is 9.59 Å². The maximum atomic E-state index is 13.3. The van der Waals surface area contributed by atoms with E-state index in [1.807, 2.05) is 0 Å². The van der Waals surface area contributed by atoms with Crippen LogP contribution in [0.1, 0.15) is 85.0 Å². The molecule has 7 unspecified atom stereocenters. The van der Waals surface area contributed by atoms with Gasteiger partial charge in [-0.05, 0) is 111 Å². The summed E-state index contributed by atoms with van der Waals surface area (Å²) >= 11 is 0. The Morgan fingerprint density at radius 2 is 1.61 bits per heavy atom. The Kier molecular flexibility index (Phi) is 5.07. The van der Waals surface area contributed by atoms with Gasteiger partial charge in [0, 0.05) is 11.8 Å². The van der Waals surface area contributed by atoms with Crippen LogP contribution in [-0.4, -0.2) is 29.6 Å². The number of hydrogen-bond donors (Lipinski definition) is 2. The molecule has 1 spiro atoms. The van der Waals surface area contributed by atoms with Gasteiger partial charge in [0.25, 0.3) is 0 Å². The average Bonchev–Trinajstić information content (AvgIpc) is 3.16. The minimum Gasteiger partial charge on any atom is -0.426 e. The fourth-order valence-corrected chi connectivity index (χ4v) is 11.9. The van der Waals surface area contributed by atoms with Crippen molar-refractivity contribution in [3.63, 3.8) is 0 Å². The van der Waals surface area contributed by atoms with E-state index in [0.717, 1.165) is 37.5 Å². The number of nitrogens with two attached hydrogens (primary N) is 1. The molecule has 7 bridgehead atoms. The first-order valence-electron chi connectivity index (χ1n) is 14.5. The number of carbonyl (C=O) groups excluding carboxylic acids is 2. The summed E-state index contributed by atoms with van der Waals surface area (Å²) in [5.74, 6) is 9.37. The van der Waals surface area contributed by atoms with E-state index in [2.05, 4.69) is 31.1 Å². The molecule has 8 heteroatoms. The predicted molar refractivity (Wildman–Crippen MR) is 129 cm³/mol. The lowest BCUT2D eigenvalue weighted by molar-refractivity contribution is -0.211. The molecule has 0 radical (unpaired) electrons. The molecule has 0 heterocycles. The molecule has 0 aromatic rings. The van der Waals surface area contributed by atoms with Crippen LogP contribution in [0, 0.1) is 58.7 Å². The molecule has 8 fully saturated rings. The molecular weight excluding hydrogens is 460 g/mol. The van der Waals surface area contributed by atoms with E-state index < -0.39 is 23.5 Å². The summed E-state index contributed by atoms with van der Waals surface area (Å²) in [4.78, 5) is 35.7. The van der Waals surface area contributed by atoms with Crippen LogP contribution in [0.15, 0.2) is 0 Å². The largest absolute Gasteiger partial charge is 0.528 e. The summed E-state index contributed by atoms with van der Waals surface area (Å²) in [6.45, 7) is 6.49. The lowest BCUT2D eigenvalue weighted by Gasteiger charge is -2.61. The van der Waals surface area contributed by atoms with Crippen LogP contribution in [0.2, 0.25) is 0 Å². The number of ether oxygens (including phenoxy) is 2. The fraction of sp³-hybridized carbons (Fsp3) is 0.929. The third-order valence-corrected chi connectivity index (χ3v) is 12.8. The third-order valence-electron chi connectivity index (χ3n) is 12.8. The summed E-state index contributed by atoms with van der Waals surface area (Å²) in [6, 6.07) is -0.0694. The van der Waals surface area contributed by atoms with Crippen molar-refractivity contribution in [1.29, 1.82) is 0 Å². The highest BCUT2D eigenvalue weighted by molar-refractivity contribution is 5.61. The molecule has 0 aliphatic heterocycles. The monoisotopic (exact) mass is 502 g/mol. The van der Waals surface area contributed by atoms with Crippen molar-refractivity contribution in [2.45, 2.75) is 102 Å². The van der Waals surface area contributed by atoms with Gasteiger partial charge >= 0.3 is 12.3 Å². The molecule has 8 saturated carbocycles. The Morgan fingerprint density at radius 1 is 0.917 bits per heavy atom. The lowest BCUT2D eigenvalue weighted by Crippen LogP contribution is -2.62. The van der Waals surface area contributed by atoms with Crippen LogP contribution in [-0.2, 0) is 19.1 Å². The van der Waals surface area contributed by atoms with E-state index >= 15 is 0 Å². The number of hydroxylamine groups is 1. The number of rotatable bonds is 6. The zero-order valence-electron chi connectivity index (χ0n) is 21.9. The molecule has 8 nitrogen and oxygen atoms in total. The van der Waals surface area contributed by atoms with Crippen molar-refractivity contribution >= 4 is 12.3 Å². The average molecular weight is 503 g/mol. The zero-order chi connectivity index (χ0) is 25.0. The molecule has 0 aromatic heterocycles. The summed E-state index contributed by atoms with van der Waals surface area (Å²) < 4.78 is 12.4. The van der Waals surface area contributed by atoms with Crippen LogP contribution in [0.3, 0.4) is 0 Å². The molecule has 8 aliphatic carbocycles. The van der Waals surface area contributed by atoms with Crippen LogP contribution >= 0.6 is 0 Å². The van der Waals surface area contributed by atoms with E-state index in [1.165, 1.54) is 32.1 Å². The van der Waals surface area contributed by atoms with E-state index in [4.69, 9.17) is 20.2 Å². The molecule has 0 amide bonds. The first-order chi connectivity index (χ1) is 17.3. The second-order valence-corrected chi connectivity index (χ2v) is 13.9. The first-order valence-corrected chi connectivity index (χ1v) is 14.5. The standard InChI is InChI=1S/C28H42N2O6/c1-4-27(33-24(31)35-29)21-13-26-12-17(10-18(26)11-22(26)27)23(21)30-36-25(32)34-28(14(2)3)19-6-15-5-16(8-19)9-20(28)7-15/h14-23,30H,4-13,29H2,1-3H3. The van der Waals surface area contributed by atoms with E-state index in [1.54, 1.807) is 0 Å². The summed E-state index contributed by atoms with van der Waals surface area (Å²) in [5, 5.41) is 0. The smallest absolute Gasteiger partial charge is 0.426 e. The van der Waals surface area contributed by atoms with Gasteiger partial charge in [0.05, 0.1) is 6.04 Å². The molecule has 8 aliphatic rings. The molecule has 200 valence electrons. The van der Waals surface area contributed by atoms with Crippen molar-refractivity contribution in [3.05, 3.63) is 0 Å². The summed E-state index contributed by atoms with van der Waals surface area (Å²) in [6.07, 6.45) is 9.68. The van der Waals surface area contributed by atoms with Crippen molar-refractivity contribution in [3.8, 4) is 0 Å². The van der Waals surface area contributed by atoms with Gasteiger partial charge in [-0.2, -0.15) is 5.90 Å². The highest BCUT2D eigenvalue weighted by atomic mass is 16.8. The first kappa shape index (κ1) is 23.6. The second kappa shape index (κ2) is 7.75. The Bertz CT molecular complexity index is 926. The van der Waals surface area contributed by atoms with Crippen molar-refractivity contribution < 1.29 is 28.7 Å². The van der Waals surface area contributed by atoms with Gasteiger partial charge in [0.2, 0.25) is 0 Å². The SMILES string of the molecule is CCC1(OC(=O)ON)C2CC34CC(CC3CC41)C2NOC(=O)OC1(C(C)C)C2CC3CC(C2)CC1C3. The number of nitrogens with one attached hydrogen (secondary N) is 1. The van der Waals surface area contributed by atoms with Crippen LogP contribution in [0.4, 0.5) is 9.59 Å². The Morgan fingerprint density at radius 3 is 2.22 bits per heavy atom.